The van der Waals surface area contributed by atoms with Gasteiger partial charge in [-0.25, -0.2) is 0 Å². The second-order valence-electron chi connectivity index (χ2n) is 6.71. The molecule has 140 valence electrons. The van der Waals surface area contributed by atoms with E-state index in [-0.39, 0.29) is 5.41 Å². The second kappa shape index (κ2) is 9.74. The molecule has 0 saturated carbocycles. The average Bonchev–Trinajstić information content (AvgIpc) is 3.21. The van der Waals surface area contributed by atoms with Crippen molar-refractivity contribution >= 4 is 17.3 Å². The molecule has 1 aliphatic heterocycles. The fourth-order valence-corrected chi connectivity index (χ4v) is 4.13. The number of aliphatic imine (C=N–C) groups is 1. The van der Waals surface area contributed by atoms with E-state index >= 15 is 0 Å². The standard InChI is InChI=1S/C21H29N3OS/c1-2-22-20(23-13-10-19-9-6-16-26-19)24-17-21(11-14-25-15-12-21)18-7-4-3-5-8-18/h3-9,16H,2,10-15,17H2,1H3,(H2,22,23,24). The van der Waals surface area contributed by atoms with E-state index in [4.69, 9.17) is 9.73 Å². The van der Waals surface area contributed by atoms with E-state index in [0.29, 0.717) is 0 Å². The number of hydrogen-bond donors (Lipinski definition) is 2. The summed E-state index contributed by atoms with van der Waals surface area (Å²) in [4.78, 5) is 6.35. The average molecular weight is 372 g/mol. The van der Waals surface area contributed by atoms with E-state index in [2.05, 4.69) is 65.4 Å². The minimum absolute atomic E-state index is 0.0790. The molecule has 5 heteroatoms. The molecule has 2 heterocycles. The van der Waals surface area contributed by atoms with Gasteiger partial charge in [-0.05, 0) is 43.2 Å². The van der Waals surface area contributed by atoms with Gasteiger partial charge in [0.1, 0.15) is 0 Å². The summed E-state index contributed by atoms with van der Waals surface area (Å²) in [6.45, 7) is 6.28. The Morgan fingerprint density at radius 3 is 2.62 bits per heavy atom. The highest BCUT2D eigenvalue weighted by Gasteiger charge is 2.34. The number of ether oxygens (including phenoxy) is 1. The highest BCUT2D eigenvalue weighted by Crippen LogP contribution is 2.35. The van der Waals surface area contributed by atoms with Crippen LogP contribution in [-0.4, -0.2) is 38.8 Å². The first kappa shape index (κ1) is 18.9. The zero-order chi connectivity index (χ0) is 18.1. The number of nitrogens with one attached hydrogen (secondary N) is 2. The third-order valence-electron chi connectivity index (χ3n) is 4.96. The molecule has 0 atom stereocenters. The summed E-state index contributed by atoms with van der Waals surface area (Å²) >= 11 is 1.81. The lowest BCUT2D eigenvalue weighted by molar-refractivity contribution is 0.0531. The number of rotatable bonds is 7. The zero-order valence-corrected chi connectivity index (χ0v) is 16.4. The maximum Gasteiger partial charge on any atom is 0.191 e. The van der Waals surface area contributed by atoms with Gasteiger partial charge < -0.3 is 15.4 Å². The van der Waals surface area contributed by atoms with Crippen LogP contribution in [0, 0.1) is 0 Å². The van der Waals surface area contributed by atoms with Crippen molar-refractivity contribution in [3.63, 3.8) is 0 Å². The predicted molar refractivity (Wildman–Crippen MR) is 110 cm³/mol. The Hall–Kier alpha value is -1.85. The molecule has 1 aliphatic rings. The van der Waals surface area contributed by atoms with Crippen LogP contribution in [0.5, 0.6) is 0 Å². The third-order valence-corrected chi connectivity index (χ3v) is 5.90. The van der Waals surface area contributed by atoms with E-state index in [1.54, 1.807) is 11.3 Å². The van der Waals surface area contributed by atoms with Crippen molar-refractivity contribution < 1.29 is 4.74 Å². The van der Waals surface area contributed by atoms with Crippen molar-refractivity contribution in [3.05, 3.63) is 58.3 Å². The number of nitrogens with zero attached hydrogens (tertiary/aromatic N) is 1. The Balaban J connectivity index is 1.66. The summed E-state index contributed by atoms with van der Waals surface area (Å²) in [6, 6.07) is 15.1. The quantitative estimate of drug-likeness (QED) is 0.577. The van der Waals surface area contributed by atoms with Crippen molar-refractivity contribution in [2.45, 2.75) is 31.6 Å². The van der Waals surface area contributed by atoms with Crippen molar-refractivity contribution in [3.8, 4) is 0 Å². The highest BCUT2D eigenvalue weighted by atomic mass is 32.1. The van der Waals surface area contributed by atoms with Gasteiger partial charge in [0.05, 0.1) is 6.54 Å². The molecule has 0 spiro atoms. The molecule has 2 aromatic rings. The van der Waals surface area contributed by atoms with Crippen LogP contribution in [0.15, 0.2) is 52.8 Å². The fourth-order valence-electron chi connectivity index (χ4n) is 3.42. The number of benzene rings is 1. The van der Waals surface area contributed by atoms with Gasteiger partial charge in [0.15, 0.2) is 5.96 Å². The number of hydrogen-bond acceptors (Lipinski definition) is 3. The minimum Gasteiger partial charge on any atom is -0.381 e. The van der Waals surface area contributed by atoms with Gasteiger partial charge in [-0.15, -0.1) is 11.3 Å². The van der Waals surface area contributed by atoms with E-state index in [0.717, 1.165) is 58.1 Å². The van der Waals surface area contributed by atoms with E-state index in [9.17, 15) is 0 Å². The molecule has 0 bridgehead atoms. The van der Waals surface area contributed by atoms with E-state index < -0.39 is 0 Å². The van der Waals surface area contributed by atoms with Gasteiger partial charge in [0.2, 0.25) is 0 Å². The SMILES string of the molecule is CCNC(=NCC1(c2ccccc2)CCOCC1)NCCc1cccs1. The van der Waals surface area contributed by atoms with Gasteiger partial charge >= 0.3 is 0 Å². The predicted octanol–water partition coefficient (Wildman–Crippen LogP) is 3.59. The summed E-state index contributed by atoms with van der Waals surface area (Å²) in [6.07, 6.45) is 3.07. The van der Waals surface area contributed by atoms with Crippen molar-refractivity contribution in [1.29, 1.82) is 0 Å². The topological polar surface area (TPSA) is 45.7 Å². The molecule has 1 saturated heterocycles. The molecule has 1 aromatic heterocycles. The van der Waals surface area contributed by atoms with Crippen molar-refractivity contribution in [2.75, 3.05) is 32.8 Å². The third kappa shape index (κ3) is 5.08. The van der Waals surface area contributed by atoms with Gasteiger partial charge in [-0.2, -0.15) is 0 Å². The van der Waals surface area contributed by atoms with Crippen LogP contribution in [0.1, 0.15) is 30.2 Å². The first-order chi connectivity index (χ1) is 12.8. The smallest absolute Gasteiger partial charge is 0.191 e. The summed E-state index contributed by atoms with van der Waals surface area (Å²) < 4.78 is 5.63. The van der Waals surface area contributed by atoms with E-state index in [1.165, 1.54) is 10.4 Å². The lowest BCUT2D eigenvalue weighted by Gasteiger charge is -2.36. The zero-order valence-electron chi connectivity index (χ0n) is 15.5. The maximum atomic E-state index is 5.63. The maximum absolute atomic E-state index is 5.63. The molecule has 0 radical (unpaired) electrons. The minimum atomic E-state index is 0.0790. The van der Waals surface area contributed by atoms with Crippen LogP contribution in [0.3, 0.4) is 0 Å². The summed E-state index contributed by atoms with van der Waals surface area (Å²) in [5, 5.41) is 8.99. The Morgan fingerprint density at radius 2 is 1.92 bits per heavy atom. The van der Waals surface area contributed by atoms with Crippen molar-refractivity contribution in [2.24, 2.45) is 4.99 Å². The Bertz CT molecular complexity index is 664. The Morgan fingerprint density at radius 1 is 1.12 bits per heavy atom. The van der Waals surface area contributed by atoms with Crippen LogP contribution in [0.4, 0.5) is 0 Å². The van der Waals surface area contributed by atoms with Crippen LogP contribution < -0.4 is 10.6 Å². The summed E-state index contributed by atoms with van der Waals surface area (Å²) in [7, 11) is 0. The van der Waals surface area contributed by atoms with Crippen LogP contribution in [0.25, 0.3) is 0 Å². The number of thiophene rings is 1. The highest BCUT2D eigenvalue weighted by molar-refractivity contribution is 7.09. The lowest BCUT2D eigenvalue weighted by Crippen LogP contribution is -2.41. The molecule has 4 nitrogen and oxygen atoms in total. The first-order valence-corrected chi connectivity index (χ1v) is 10.4. The van der Waals surface area contributed by atoms with Crippen LogP contribution in [-0.2, 0) is 16.6 Å². The monoisotopic (exact) mass is 371 g/mol. The molecule has 0 unspecified atom stereocenters. The normalized spacial score (nSPS) is 17.0. The van der Waals surface area contributed by atoms with Gasteiger partial charge in [-0.3, -0.25) is 4.99 Å². The molecule has 2 N–H and O–H groups in total. The van der Waals surface area contributed by atoms with E-state index in [1.807, 2.05) is 0 Å². The molecule has 0 amide bonds. The molecule has 3 rings (SSSR count). The lowest BCUT2D eigenvalue weighted by atomic mass is 9.74. The summed E-state index contributed by atoms with van der Waals surface area (Å²) in [5.74, 6) is 0.908. The Labute approximate surface area is 160 Å². The molecule has 26 heavy (non-hydrogen) atoms. The van der Waals surface area contributed by atoms with Crippen LogP contribution in [0.2, 0.25) is 0 Å². The molecular formula is C21H29N3OS. The van der Waals surface area contributed by atoms with Crippen LogP contribution >= 0.6 is 11.3 Å². The molecule has 0 aliphatic carbocycles. The largest absolute Gasteiger partial charge is 0.381 e. The summed E-state index contributed by atoms with van der Waals surface area (Å²) in [5.41, 5.74) is 1.46. The fraction of sp³-hybridized carbons (Fsp3) is 0.476. The Kier molecular flexibility index (Phi) is 7.09. The molecule has 1 aromatic carbocycles. The second-order valence-corrected chi connectivity index (χ2v) is 7.74. The molecular weight excluding hydrogens is 342 g/mol. The molecule has 1 fully saturated rings. The van der Waals surface area contributed by atoms with Gasteiger partial charge in [0.25, 0.3) is 0 Å². The van der Waals surface area contributed by atoms with Crippen molar-refractivity contribution in [1.82, 2.24) is 10.6 Å². The van der Waals surface area contributed by atoms with Gasteiger partial charge in [0, 0.05) is 36.6 Å². The first-order valence-electron chi connectivity index (χ1n) is 9.50. The van der Waals surface area contributed by atoms with Gasteiger partial charge in [-0.1, -0.05) is 36.4 Å². The number of guanidine groups is 1.